The molecule has 7 heteroatoms. The second kappa shape index (κ2) is 6.34. The minimum Gasteiger partial charge on any atom is -0.478 e. The molecule has 0 amide bonds. The van der Waals surface area contributed by atoms with Crippen LogP contribution in [-0.2, 0) is 10.0 Å². The van der Waals surface area contributed by atoms with Crippen LogP contribution in [0, 0.1) is 11.3 Å². The lowest BCUT2D eigenvalue weighted by Gasteiger charge is -2.27. The zero-order chi connectivity index (χ0) is 16.4. The van der Waals surface area contributed by atoms with Gasteiger partial charge in [0.15, 0.2) is 0 Å². The largest absolute Gasteiger partial charge is 0.478 e. The van der Waals surface area contributed by atoms with E-state index in [1.807, 2.05) is 27.7 Å². The van der Waals surface area contributed by atoms with Gasteiger partial charge in [-0.25, -0.2) is 17.9 Å². The van der Waals surface area contributed by atoms with Gasteiger partial charge >= 0.3 is 5.97 Å². The molecular formula is C14H20ClNO4S. The van der Waals surface area contributed by atoms with Crippen LogP contribution >= 0.6 is 11.6 Å². The molecule has 0 aliphatic carbocycles. The van der Waals surface area contributed by atoms with Crippen LogP contribution in [0.25, 0.3) is 0 Å². The van der Waals surface area contributed by atoms with E-state index in [0.29, 0.717) is 0 Å². The zero-order valence-electron chi connectivity index (χ0n) is 12.5. The molecule has 5 nitrogen and oxygen atoms in total. The minimum absolute atomic E-state index is 0.00418. The summed E-state index contributed by atoms with van der Waals surface area (Å²) in [5.74, 6) is -1.14. The highest BCUT2D eigenvalue weighted by Crippen LogP contribution is 2.25. The number of carbonyl (C=O) groups is 1. The number of rotatable bonds is 5. The summed E-state index contributed by atoms with van der Waals surface area (Å²) in [5.41, 5.74) is -0.266. The molecule has 1 unspecified atom stereocenters. The normalized spacial score (nSPS) is 14.0. The van der Waals surface area contributed by atoms with E-state index in [1.165, 1.54) is 12.1 Å². The van der Waals surface area contributed by atoms with E-state index in [9.17, 15) is 13.2 Å². The number of hydrogen-bond acceptors (Lipinski definition) is 3. The van der Waals surface area contributed by atoms with Gasteiger partial charge < -0.3 is 5.11 Å². The van der Waals surface area contributed by atoms with Crippen LogP contribution in [0.1, 0.15) is 38.1 Å². The van der Waals surface area contributed by atoms with Crippen molar-refractivity contribution >= 4 is 27.6 Å². The van der Waals surface area contributed by atoms with Gasteiger partial charge in [-0.1, -0.05) is 39.3 Å². The van der Waals surface area contributed by atoms with Gasteiger partial charge in [0.25, 0.3) is 0 Å². The first-order valence-corrected chi connectivity index (χ1v) is 8.34. The molecule has 0 aromatic heterocycles. The maximum Gasteiger partial charge on any atom is 0.337 e. The average molecular weight is 334 g/mol. The van der Waals surface area contributed by atoms with Crippen molar-refractivity contribution in [2.45, 2.75) is 32.6 Å². The van der Waals surface area contributed by atoms with Crippen LogP contribution in [0.5, 0.6) is 0 Å². The molecule has 1 aromatic carbocycles. The van der Waals surface area contributed by atoms with Gasteiger partial charge in [-0.2, -0.15) is 0 Å². The van der Waals surface area contributed by atoms with Gasteiger partial charge in [-0.15, -0.1) is 0 Å². The summed E-state index contributed by atoms with van der Waals surface area (Å²) in [6.45, 7) is 8.30. The maximum absolute atomic E-state index is 12.2. The van der Waals surface area contributed by atoms with E-state index in [-0.39, 0.29) is 33.4 Å². The molecule has 0 bridgehead atoms. The van der Waals surface area contributed by atoms with Crippen LogP contribution in [0.4, 0.5) is 0 Å². The number of nitrogens with one attached hydrogen (secondary N) is 1. The minimum atomic E-state index is -3.76. The number of halogens is 1. The molecule has 0 saturated carbocycles. The first-order valence-electron chi connectivity index (χ1n) is 6.47. The Balaban J connectivity index is 2.99. The number of aromatic carboxylic acids is 1. The number of benzene rings is 1. The fourth-order valence-electron chi connectivity index (χ4n) is 1.46. The Labute approximate surface area is 130 Å². The predicted octanol–water partition coefficient (Wildman–Crippen LogP) is 3.00. The summed E-state index contributed by atoms with van der Waals surface area (Å²) in [4.78, 5) is 10.9. The monoisotopic (exact) mass is 333 g/mol. The zero-order valence-corrected chi connectivity index (χ0v) is 14.0. The van der Waals surface area contributed by atoms with Crippen LogP contribution in [-0.4, -0.2) is 26.0 Å². The van der Waals surface area contributed by atoms with E-state index in [4.69, 9.17) is 16.7 Å². The molecule has 21 heavy (non-hydrogen) atoms. The predicted molar refractivity (Wildman–Crippen MR) is 82.2 cm³/mol. The molecule has 118 valence electrons. The third kappa shape index (κ3) is 4.69. The quantitative estimate of drug-likeness (QED) is 0.867. The highest BCUT2D eigenvalue weighted by atomic mass is 35.5. The van der Waals surface area contributed by atoms with Crippen molar-refractivity contribution in [1.29, 1.82) is 0 Å². The molecule has 0 fully saturated rings. The average Bonchev–Trinajstić information content (AvgIpc) is 2.34. The molecule has 0 radical (unpaired) electrons. The second-order valence-corrected chi connectivity index (χ2v) is 8.24. The van der Waals surface area contributed by atoms with Crippen LogP contribution in [0.15, 0.2) is 23.1 Å². The smallest absolute Gasteiger partial charge is 0.337 e. The lowest BCUT2D eigenvalue weighted by molar-refractivity contribution is 0.0697. The highest BCUT2D eigenvalue weighted by Gasteiger charge is 2.23. The van der Waals surface area contributed by atoms with E-state index in [1.54, 1.807) is 0 Å². The Morgan fingerprint density at radius 1 is 1.38 bits per heavy atom. The van der Waals surface area contributed by atoms with E-state index >= 15 is 0 Å². The molecule has 1 aromatic rings. The Morgan fingerprint density at radius 2 is 1.95 bits per heavy atom. The summed E-state index contributed by atoms with van der Waals surface area (Å²) in [6.07, 6.45) is 0. The summed E-state index contributed by atoms with van der Waals surface area (Å²) in [6, 6.07) is 3.63. The fourth-order valence-corrected chi connectivity index (χ4v) is 2.81. The summed E-state index contributed by atoms with van der Waals surface area (Å²) >= 11 is 5.73. The number of hydrogen-bond donors (Lipinski definition) is 2. The van der Waals surface area contributed by atoms with Gasteiger partial charge in [0.2, 0.25) is 10.0 Å². The third-order valence-corrected chi connectivity index (χ3v) is 5.29. The van der Waals surface area contributed by atoms with Crippen molar-refractivity contribution in [1.82, 2.24) is 4.72 Å². The van der Waals surface area contributed by atoms with Crippen molar-refractivity contribution in [2.75, 3.05) is 6.54 Å². The van der Waals surface area contributed by atoms with Gasteiger partial charge in [-0.05, 0) is 29.5 Å². The molecule has 0 aliphatic heterocycles. The number of sulfonamides is 1. The van der Waals surface area contributed by atoms with Gasteiger partial charge in [0.05, 0.1) is 15.5 Å². The first-order chi connectivity index (χ1) is 9.45. The molecule has 2 N–H and O–H groups in total. The summed E-state index contributed by atoms with van der Waals surface area (Å²) in [5, 5.41) is 8.99. The van der Waals surface area contributed by atoms with E-state index in [0.717, 1.165) is 6.07 Å². The van der Waals surface area contributed by atoms with Crippen molar-refractivity contribution in [3.63, 3.8) is 0 Å². The van der Waals surface area contributed by atoms with Crippen LogP contribution < -0.4 is 4.72 Å². The van der Waals surface area contributed by atoms with Crippen molar-refractivity contribution in [3.8, 4) is 0 Å². The van der Waals surface area contributed by atoms with Crippen molar-refractivity contribution in [2.24, 2.45) is 11.3 Å². The molecular weight excluding hydrogens is 314 g/mol. The molecule has 1 rings (SSSR count). The highest BCUT2D eigenvalue weighted by molar-refractivity contribution is 7.89. The fraction of sp³-hybridized carbons (Fsp3) is 0.500. The lowest BCUT2D eigenvalue weighted by atomic mass is 9.82. The molecule has 0 spiro atoms. The Kier molecular flexibility index (Phi) is 5.41. The molecule has 0 heterocycles. The Morgan fingerprint density at radius 3 is 2.43 bits per heavy atom. The topological polar surface area (TPSA) is 83.5 Å². The van der Waals surface area contributed by atoms with Crippen molar-refractivity contribution < 1.29 is 18.3 Å². The lowest BCUT2D eigenvalue weighted by Crippen LogP contribution is -2.33. The van der Waals surface area contributed by atoms with Crippen LogP contribution in [0.3, 0.4) is 0 Å². The summed E-state index contributed by atoms with van der Waals surface area (Å²) < 4.78 is 26.9. The maximum atomic E-state index is 12.2. The standard InChI is InChI=1S/C14H20ClNO4S/c1-9(14(2,3)4)8-16-21(19,20)10-5-6-12(15)11(7-10)13(17)18/h5-7,9,16H,8H2,1-4H3,(H,17,18). The van der Waals surface area contributed by atoms with Gasteiger partial charge in [-0.3, -0.25) is 0 Å². The second-order valence-electron chi connectivity index (χ2n) is 6.07. The third-order valence-electron chi connectivity index (χ3n) is 3.54. The number of carboxylic acid groups (broad SMARTS) is 1. The molecule has 1 atom stereocenters. The Hall–Kier alpha value is -1.11. The molecule has 0 aliphatic rings. The SMILES string of the molecule is CC(CNS(=O)(=O)c1ccc(Cl)c(C(=O)O)c1)C(C)(C)C. The van der Waals surface area contributed by atoms with Gasteiger partial charge in [0.1, 0.15) is 0 Å². The van der Waals surface area contributed by atoms with Crippen LogP contribution in [0.2, 0.25) is 5.02 Å². The summed E-state index contributed by atoms with van der Waals surface area (Å²) in [7, 11) is -3.76. The number of carboxylic acids is 1. The molecule has 0 saturated heterocycles. The van der Waals surface area contributed by atoms with E-state index < -0.39 is 16.0 Å². The van der Waals surface area contributed by atoms with Gasteiger partial charge in [0, 0.05) is 6.54 Å². The van der Waals surface area contributed by atoms with E-state index in [2.05, 4.69) is 4.72 Å². The van der Waals surface area contributed by atoms with Crippen molar-refractivity contribution in [3.05, 3.63) is 28.8 Å². The first kappa shape index (κ1) is 17.9. The Bertz CT molecular complexity index is 635.